The fourth-order valence-corrected chi connectivity index (χ4v) is 20.2. The molecule has 0 bridgehead atoms. The monoisotopic (exact) mass is 1920 g/mol. The molecule has 734 valence electrons. The fraction of sp³-hybridized carbons (Fsp3) is 0.339. The summed E-state index contributed by atoms with van der Waals surface area (Å²) >= 11 is 0. The summed E-state index contributed by atoms with van der Waals surface area (Å²) in [6, 6.07) is 58.9. The van der Waals surface area contributed by atoms with Crippen LogP contribution in [0.1, 0.15) is 243 Å². The molecule has 13 heterocycles. The maximum absolute atomic E-state index is 15.6. The second kappa shape index (κ2) is 46.3. The number of imidazole rings is 1. The molecule has 0 spiro atoms. The molecule has 8 aliphatic rings. The van der Waals surface area contributed by atoms with Gasteiger partial charge >= 0.3 is 6.03 Å². The first-order chi connectivity index (χ1) is 70.0. The van der Waals surface area contributed by atoms with Gasteiger partial charge in [-0.3, -0.25) is 33.8 Å². The molecule has 8 amide bonds. The highest BCUT2D eigenvalue weighted by Crippen LogP contribution is 2.40. The van der Waals surface area contributed by atoms with Crippen LogP contribution >= 0.6 is 0 Å². The number of anilines is 6. The van der Waals surface area contributed by atoms with Crippen molar-refractivity contribution in [3.05, 3.63) is 313 Å². The minimum Gasteiger partial charge on any atom is -0.379 e. The van der Waals surface area contributed by atoms with Gasteiger partial charge in [0.1, 0.15) is 28.9 Å². The normalized spacial score (nSPS) is 16.8. The van der Waals surface area contributed by atoms with Crippen LogP contribution in [0.4, 0.5) is 43.7 Å². The quantitative estimate of drug-likeness (QED) is 0.0499. The number of carbonyl (C=O) groups excluding carboxylic acids is 7. The number of aryl methyl sites for hydroxylation is 4. The van der Waals surface area contributed by atoms with Crippen molar-refractivity contribution < 1.29 is 42.7 Å². The molecule has 144 heavy (non-hydrogen) atoms. The smallest absolute Gasteiger partial charge is 0.319 e. The Labute approximate surface area is 842 Å². The van der Waals surface area contributed by atoms with Crippen LogP contribution in [-0.2, 0) is 10.4 Å². The van der Waals surface area contributed by atoms with Gasteiger partial charge < -0.3 is 65.3 Å². The van der Waals surface area contributed by atoms with Gasteiger partial charge in [0.25, 0.3) is 35.4 Å². The number of aromatic nitrogens is 6. The zero-order chi connectivity index (χ0) is 100. The molecule has 0 radical (unpaired) electrons. The Bertz CT molecular complexity index is 6810. The van der Waals surface area contributed by atoms with Crippen LogP contribution < -0.4 is 36.0 Å². The number of piperidine rings is 4. The maximum atomic E-state index is 15.6. The maximum Gasteiger partial charge on any atom is 0.319 e. The zero-order valence-corrected chi connectivity index (χ0v) is 82.3. The molecule has 20 rings (SSSR count). The summed E-state index contributed by atoms with van der Waals surface area (Å²) in [5.41, 5.74) is 17.4. The topological polar surface area (TPSA) is 280 Å². The molecule has 8 fully saturated rings. The molecule has 25 nitrogen and oxygen atoms in total. The number of hydrogen-bond donors (Lipinski definition) is 5. The molecule has 0 saturated carbocycles. The summed E-state index contributed by atoms with van der Waals surface area (Å²) in [7, 11) is 0. The van der Waals surface area contributed by atoms with E-state index in [2.05, 4.69) is 134 Å². The predicted molar refractivity (Wildman–Crippen MR) is 565 cm³/mol. The molecule has 8 saturated heterocycles. The van der Waals surface area contributed by atoms with Crippen molar-refractivity contribution >= 4 is 87.0 Å². The Morgan fingerprint density at radius 3 is 1.31 bits per heavy atom. The van der Waals surface area contributed by atoms with Crippen LogP contribution in [0.2, 0.25) is 0 Å². The van der Waals surface area contributed by atoms with Gasteiger partial charge in [0.15, 0.2) is 0 Å². The van der Waals surface area contributed by atoms with Gasteiger partial charge in [-0.25, -0.2) is 29.1 Å². The van der Waals surface area contributed by atoms with Crippen LogP contribution in [0, 0.1) is 77.1 Å². The summed E-state index contributed by atoms with van der Waals surface area (Å²) in [6.45, 7) is 19.8. The number of aromatic amines is 1. The number of nitrogens with zero attached hydrogens (tertiary/aromatic N) is 12. The first kappa shape index (κ1) is 99.8. The van der Waals surface area contributed by atoms with Gasteiger partial charge in [-0.15, -0.1) is 25.7 Å². The lowest BCUT2D eigenvalue weighted by molar-refractivity contribution is 0.0420. The van der Waals surface area contributed by atoms with Crippen molar-refractivity contribution in [1.29, 1.82) is 0 Å². The molecule has 7 aromatic carbocycles. The van der Waals surface area contributed by atoms with E-state index in [4.69, 9.17) is 35.4 Å². The van der Waals surface area contributed by atoms with Crippen molar-refractivity contribution in [2.24, 2.45) is 0 Å². The van der Waals surface area contributed by atoms with E-state index in [9.17, 15) is 33.6 Å². The SMILES string of the molecule is C#Cc1ccc(C2(F)CCN(C(=O)c3ccc(C)c(NC(=O)N[C@@H]4CCOC4)c3)CC2)cc1.C#Cc1ccc(C2CCN(C(=O)c3ccc(C)c(-c4nc5cc(N6CCCC6)ncc5[nH]4)c3)CC2)cc1.C#Cc1ccc(C2CCN(C(=O)c3ccc(C)c(C(=O)Nc4ccc(N5CCCC5)nc4)c3)CC2)cc1.C#Cc1ccc(C2CCN(C(=O)c3cnc(C)c(NC(=O)c4ccc(N5CCCC5)nc4)c3)CC2)cc1. The highest BCUT2D eigenvalue weighted by atomic mass is 19.1. The van der Waals surface area contributed by atoms with E-state index in [0.29, 0.717) is 137 Å². The van der Waals surface area contributed by atoms with Crippen molar-refractivity contribution in [1.82, 2.24) is 54.8 Å². The minimum absolute atomic E-state index is 0.00721. The van der Waals surface area contributed by atoms with Crippen LogP contribution in [0.25, 0.3) is 22.4 Å². The van der Waals surface area contributed by atoms with Gasteiger partial charge in [0.05, 0.1) is 64.3 Å². The Hall–Kier alpha value is -15.8. The number of alkyl halides is 1. The number of pyridine rings is 4. The number of fused-ring (bicyclic) bond motifs is 1. The molecular weight excluding hydrogens is 1800 g/mol. The number of terminal acetylenes is 4. The summed E-state index contributed by atoms with van der Waals surface area (Å²) in [6.07, 6.45) is 42.4. The number of urea groups is 1. The number of halogens is 1. The minimum atomic E-state index is -1.48. The van der Waals surface area contributed by atoms with E-state index >= 15 is 4.39 Å². The Balaban J connectivity index is 0.000000132. The third-order valence-electron chi connectivity index (χ3n) is 29.1. The first-order valence-corrected chi connectivity index (χ1v) is 50.2. The van der Waals surface area contributed by atoms with E-state index in [-0.39, 0.29) is 60.4 Å². The number of nitrogens with one attached hydrogen (secondary N) is 5. The van der Waals surface area contributed by atoms with Crippen LogP contribution in [-0.4, -0.2) is 202 Å². The van der Waals surface area contributed by atoms with E-state index < -0.39 is 5.67 Å². The van der Waals surface area contributed by atoms with E-state index in [1.807, 2.05) is 127 Å². The number of carbonyl (C=O) groups is 7. The predicted octanol–water partition coefficient (Wildman–Crippen LogP) is 19.4. The second-order valence-electron chi connectivity index (χ2n) is 38.5. The molecule has 5 N–H and O–H groups in total. The van der Waals surface area contributed by atoms with E-state index in [1.54, 1.807) is 84.2 Å². The number of rotatable bonds is 18. The fourth-order valence-electron chi connectivity index (χ4n) is 20.2. The summed E-state index contributed by atoms with van der Waals surface area (Å²) < 4.78 is 20.8. The Morgan fingerprint density at radius 2 is 0.833 bits per heavy atom. The zero-order valence-electron chi connectivity index (χ0n) is 82.3. The standard InChI is InChI=1S/C31H31N5O.C31H32N4O2.C30H31N5O2.C26H28FN3O3/c1-3-22-7-10-23(11-8-22)24-12-16-36(17-13-24)31(37)25-9-6-21(2)26(18-25)30-33-27-19-29(32-20-28(27)34-30)35-14-4-5-15-35;1-3-23-7-10-24(11-8-23)25-14-18-35(19-15-25)31(37)26-9-6-22(2)28(20-26)30(36)33-27-12-13-29(32-21-27)34-16-4-5-17-34;1-3-22-6-8-23(9-7-22)24-12-16-35(17-13-24)30(37)26-18-27(21(2)31-20-26)33-29(36)25-10-11-28(32-19-25)34-14-4-5-15-34;1-3-19-5-8-21(9-6-19)26(27)11-13-30(14-12-26)24(31)20-7-4-18(2)23(16-20)29-25(32)28-22-10-15-33-17-22/h1,6-11,18-20,24H,4-5,12-17H2,2H3,(H,33,34);1,6-13,20-21,25H,4-5,14-19H2,2H3,(H,33,36);1,6-11,18-20,24H,4-5,12-17H2,2H3,(H,33,36);1,4-9,16,22H,10-15,17H2,2H3,(H2,28,29,32)/t;;;22-/m...1/s1. The van der Waals surface area contributed by atoms with Gasteiger partial charge in [0.2, 0.25) is 0 Å². The lowest BCUT2D eigenvalue weighted by Crippen LogP contribution is -2.43. The lowest BCUT2D eigenvalue weighted by Gasteiger charge is -2.37. The lowest BCUT2D eigenvalue weighted by atomic mass is 9.85. The molecular formula is C118H122FN17O8. The highest BCUT2D eigenvalue weighted by Gasteiger charge is 2.39. The number of likely N-dealkylation sites (tertiary alicyclic amines) is 4. The molecule has 0 aliphatic carbocycles. The second-order valence-corrected chi connectivity index (χ2v) is 38.5. The number of H-pyrrole nitrogens is 1. The van der Waals surface area contributed by atoms with E-state index in [0.717, 1.165) is 171 Å². The number of benzene rings is 7. The number of hydrogen-bond acceptors (Lipinski definition) is 16. The van der Waals surface area contributed by atoms with Gasteiger partial charge in [-0.05, 0) is 283 Å². The van der Waals surface area contributed by atoms with Gasteiger partial charge in [0, 0.05) is 185 Å². The average Bonchev–Trinajstić information content (AvgIpc) is 1.72. The molecule has 8 aliphatic heterocycles. The van der Waals surface area contributed by atoms with Crippen LogP contribution in [0.15, 0.2) is 213 Å². The Kier molecular flexibility index (Phi) is 32.1. The molecule has 0 unspecified atom stereocenters. The van der Waals surface area contributed by atoms with Crippen LogP contribution in [0.3, 0.4) is 0 Å². The van der Waals surface area contributed by atoms with Crippen molar-refractivity contribution in [3.8, 4) is 60.8 Å². The number of amides is 8. The van der Waals surface area contributed by atoms with Crippen LogP contribution in [0.5, 0.6) is 0 Å². The first-order valence-electron chi connectivity index (χ1n) is 50.2. The van der Waals surface area contributed by atoms with Crippen molar-refractivity contribution in [3.63, 3.8) is 0 Å². The van der Waals surface area contributed by atoms with Gasteiger partial charge in [-0.1, -0.05) is 90.4 Å². The number of ether oxygens (including phenoxy) is 1. The molecule has 12 aromatic rings. The third kappa shape index (κ3) is 24.3. The van der Waals surface area contributed by atoms with Gasteiger partial charge in [-0.2, -0.15) is 0 Å². The average molecular weight is 1930 g/mol. The molecule has 26 heteroatoms. The highest BCUT2D eigenvalue weighted by molar-refractivity contribution is 6.08. The molecule has 1 atom stereocenters. The van der Waals surface area contributed by atoms with Crippen molar-refractivity contribution in [2.45, 2.75) is 153 Å². The summed E-state index contributed by atoms with van der Waals surface area (Å²) in [5, 5.41) is 11.6. The van der Waals surface area contributed by atoms with Crippen molar-refractivity contribution in [2.75, 3.05) is 135 Å². The summed E-state index contributed by atoms with van der Waals surface area (Å²) in [4.78, 5) is 132. The largest absolute Gasteiger partial charge is 0.379 e. The third-order valence-corrected chi connectivity index (χ3v) is 29.1. The Morgan fingerprint density at radius 1 is 0.403 bits per heavy atom. The summed E-state index contributed by atoms with van der Waals surface area (Å²) in [5.74, 6) is 14.7. The molecule has 5 aromatic heterocycles. The van der Waals surface area contributed by atoms with E-state index in [1.165, 1.54) is 55.2 Å².